The molecule has 100 valence electrons. The lowest BCUT2D eigenvalue weighted by Crippen LogP contribution is -2.36. The fourth-order valence-corrected chi connectivity index (χ4v) is 2.77. The summed E-state index contributed by atoms with van der Waals surface area (Å²) in [6.45, 7) is 4.17. The summed E-state index contributed by atoms with van der Waals surface area (Å²) in [4.78, 5) is 4.48. The highest BCUT2D eigenvalue weighted by Gasteiger charge is 2.40. The maximum absolute atomic E-state index is 6.59. The van der Waals surface area contributed by atoms with Gasteiger partial charge >= 0.3 is 0 Å². The summed E-state index contributed by atoms with van der Waals surface area (Å²) >= 11 is 0. The molecule has 2 N–H and O–H groups in total. The van der Waals surface area contributed by atoms with Gasteiger partial charge < -0.3 is 10.3 Å². The molecular weight excluding hydrogens is 238 g/mol. The van der Waals surface area contributed by atoms with Crippen LogP contribution in [-0.2, 0) is 18.4 Å². The van der Waals surface area contributed by atoms with Gasteiger partial charge in [-0.3, -0.25) is 0 Å². The Morgan fingerprint density at radius 2 is 2.26 bits per heavy atom. The van der Waals surface area contributed by atoms with E-state index in [9.17, 15) is 0 Å². The Kier molecular flexibility index (Phi) is 2.90. The van der Waals surface area contributed by atoms with Crippen molar-refractivity contribution in [3.8, 4) is 0 Å². The smallest absolute Gasteiger partial charge is 0.226 e. The van der Waals surface area contributed by atoms with E-state index in [-0.39, 0.29) is 0 Å². The summed E-state index contributed by atoms with van der Waals surface area (Å²) in [6.07, 6.45) is 3.62. The SMILES string of the molecule is CCCc1nc(C2(N)CCc3ccc(C)cc32)no1. The molecule has 1 aliphatic rings. The van der Waals surface area contributed by atoms with Gasteiger partial charge in [0.1, 0.15) is 5.54 Å². The molecule has 1 atom stereocenters. The average Bonchev–Trinajstić information content (AvgIpc) is 2.97. The molecule has 19 heavy (non-hydrogen) atoms. The lowest BCUT2D eigenvalue weighted by atomic mass is 9.91. The molecule has 0 radical (unpaired) electrons. The Morgan fingerprint density at radius 1 is 1.42 bits per heavy atom. The Hall–Kier alpha value is -1.68. The minimum atomic E-state index is -0.586. The van der Waals surface area contributed by atoms with E-state index in [1.165, 1.54) is 11.1 Å². The highest BCUT2D eigenvalue weighted by molar-refractivity contribution is 5.44. The molecule has 4 nitrogen and oxygen atoms in total. The summed E-state index contributed by atoms with van der Waals surface area (Å²) in [5.41, 5.74) is 9.66. The van der Waals surface area contributed by atoms with E-state index in [1.54, 1.807) is 0 Å². The van der Waals surface area contributed by atoms with Crippen molar-refractivity contribution in [2.24, 2.45) is 5.73 Å². The van der Waals surface area contributed by atoms with Crippen molar-refractivity contribution in [3.63, 3.8) is 0 Å². The van der Waals surface area contributed by atoms with E-state index >= 15 is 0 Å². The minimum absolute atomic E-state index is 0.586. The number of hydrogen-bond donors (Lipinski definition) is 1. The second-order valence-electron chi connectivity index (χ2n) is 5.39. The predicted octanol–water partition coefficient (Wildman–Crippen LogP) is 2.48. The first-order chi connectivity index (χ1) is 9.13. The van der Waals surface area contributed by atoms with Gasteiger partial charge in [0.15, 0.2) is 5.82 Å². The van der Waals surface area contributed by atoms with Crippen LogP contribution in [0.4, 0.5) is 0 Å². The molecule has 0 fully saturated rings. The molecule has 0 saturated heterocycles. The molecule has 0 spiro atoms. The summed E-state index contributed by atoms with van der Waals surface area (Å²) in [5, 5.41) is 4.11. The van der Waals surface area contributed by atoms with Crippen molar-refractivity contribution < 1.29 is 4.52 Å². The molecule has 0 bridgehead atoms. The van der Waals surface area contributed by atoms with Gasteiger partial charge in [0.2, 0.25) is 5.89 Å². The zero-order valence-electron chi connectivity index (χ0n) is 11.4. The van der Waals surface area contributed by atoms with Crippen LogP contribution in [0.5, 0.6) is 0 Å². The number of aromatic nitrogens is 2. The number of fused-ring (bicyclic) bond motifs is 1. The first-order valence-corrected chi connectivity index (χ1v) is 6.85. The van der Waals surface area contributed by atoms with Crippen LogP contribution < -0.4 is 5.73 Å². The third-order valence-electron chi connectivity index (χ3n) is 3.87. The monoisotopic (exact) mass is 257 g/mol. The average molecular weight is 257 g/mol. The van der Waals surface area contributed by atoms with Gasteiger partial charge in [0, 0.05) is 6.42 Å². The van der Waals surface area contributed by atoms with Crippen LogP contribution in [0.25, 0.3) is 0 Å². The molecule has 1 heterocycles. The standard InChI is InChI=1S/C15H19N3O/c1-3-4-13-17-14(18-19-13)15(16)8-7-11-6-5-10(2)9-12(11)15/h5-6,9H,3-4,7-8,16H2,1-2H3. The number of aryl methyl sites for hydroxylation is 3. The van der Waals surface area contributed by atoms with E-state index in [4.69, 9.17) is 10.3 Å². The number of nitrogens with two attached hydrogens (primary N) is 1. The molecule has 1 aliphatic carbocycles. The van der Waals surface area contributed by atoms with E-state index in [1.807, 2.05) is 0 Å². The third-order valence-corrected chi connectivity index (χ3v) is 3.87. The highest BCUT2D eigenvalue weighted by atomic mass is 16.5. The second kappa shape index (κ2) is 4.46. The second-order valence-corrected chi connectivity index (χ2v) is 5.39. The Balaban J connectivity index is 2.03. The highest BCUT2D eigenvalue weighted by Crippen LogP contribution is 2.39. The zero-order valence-corrected chi connectivity index (χ0v) is 11.4. The topological polar surface area (TPSA) is 64.9 Å². The molecule has 1 unspecified atom stereocenters. The van der Waals surface area contributed by atoms with Gasteiger partial charge in [-0.15, -0.1) is 0 Å². The third kappa shape index (κ3) is 1.96. The van der Waals surface area contributed by atoms with E-state index in [0.717, 1.165) is 31.2 Å². The van der Waals surface area contributed by atoms with Gasteiger partial charge in [0.05, 0.1) is 0 Å². The van der Waals surface area contributed by atoms with Crippen LogP contribution in [0.2, 0.25) is 0 Å². The number of benzene rings is 1. The number of nitrogens with zero attached hydrogens (tertiary/aromatic N) is 2. The van der Waals surface area contributed by atoms with Crippen LogP contribution in [0.3, 0.4) is 0 Å². The van der Waals surface area contributed by atoms with Crippen molar-refractivity contribution in [3.05, 3.63) is 46.6 Å². The molecular formula is C15H19N3O. The Bertz CT molecular complexity index is 605. The fraction of sp³-hybridized carbons (Fsp3) is 0.467. The molecule has 3 rings (SSSR count). The van der Waals surface area contributed by atoms with Crippen molar-refractivity contribution >= 4 is 0 Å². The van der Waals surface area contributed by atoms with Crippen molar-refractivity contribution in [2.45, 2.75) is 45.1 Å². The van der Waals surface area contributed by atoms with Crippen molar-refractivity contribution in [1.29, 1.82) is 0 Å². The van der Waals surface area contributed by atoms with Gasteiger partial charge in [-0.25, -0.2) is 0 Å². The molecule has 2 aromatic rings. The Morgan fingerprint density at radius 3 is 3.05 bits per heavy atom. The van der Waals surface area contributed by atoms with Crippen LogP contribution in [0.1, 0.15) is 48.2 Å². The summed E-state index contributed by atoms with van der Waals surface area (Å²) in [5.74, 6) is 1.31. The molecule has 0 amide bonds. The number of rotatable bonds is 3. The quantitative estimate of drug-likeness (QED) is 0.917. The molecule has 0 aliphatic heterocycles. The molecule has 4 heteroatoms. The van der Waals surface area contributed by atoms with Crippen molar-refractivity contribution in [1.82, 2.24) is 10.1 Å². The van der Waals surface area contributed by atoms with Crippen LogP contribution >= 0.6 is 0 Å². The van der Waals surface area contributed by atoms with Crippen LogP contribution in [0, 0.1) is 6.92 Å². The number of hydrogen-bond acceptors (Lipinski definition) is 4. The first kappa shape index (κ1) is 12.4. The van der Waals surface area contributed by atoms with E-state index in [2.05, 4.69) is 42.2 Å². The van der Waals surface area contributed by atoms with Gasteiger partial charge in [-0.05, 0) is 37.3 Å². The molecule has 0 saturated carbocycles. The lowest BCUT2D eigenvalue weighted by Gasteiger charge is -2.21. The van der Waals surface area contributed by atoms with Crippen molar-refractivity contribution in [2.75, 3.05) is 0 Å². The maximum atomic E-state index is 6.59. The zero-order chi connectivity index (χ0) is 13.5. The Labute approximate surface area is 113 Å². The van der Waals surface area contributed by atoms with Crippen LogP contribution in [-0.4, -0.2) is 10.1 Å². The van der Waals surface area contributed by atoms with Gasteiger partial charge in [-0.1, -0.05) is 35.8 Å². The minimum Gasteiger partial charge on any atom is -0.339 e. The van der Waals surface area contributed by atoms with E-state index in [0.29, 0.717) is 11.7 Å². The lowest BCUT2D eigenvalue weighted by molar-refractivity contribution is 0.359. The van der Waals surface area contributed by atoms with E-state index < -0.39 is 5.54 Å². The van der Waals surface area contributed by atoms with Gasteiger partial charge in [0.25, 0.3) is 0 Å². The predicted molar refractivity (Wildman–Crippen MR) is 72.8 cm³/mol. The summed E-state index contributed by atoms with van der Waals surface area (Å²) in [6, 6.07) is 6.44. The maximum Gasteiger partial charge on any atom is 0.226 e. The molecule has 1 aromatic carbocycles. The van der Waals surface area contributed by atoms with Crippen LogP contribution in [0.15, 0.2) is 22.7 Å². The normalized spacial score (nSPS) is 21.6. The summed E-state index contributed by atoms with van der Waals surface area (Å²) < 4.78 is 5.29. The first-order valence-electron chi connectivity index (χ1n) is 6.85. The molecule has 1 aromatic heterocycles. The largest absolute Gasteiger partial charge is 0.339 e. The summed E-state index contributed by atoms with van der Waals surface area (Å²) in [7, 11) is 0. The fourth-order valence-electron chi connectivity index (χ4n) is 2.77. The van der Waals surface area contributed by atoms with Gasteiger partial charge in [-0.2, -0.15) is 4.98 Å².